The molecule has 0 amide bonds. The number of rotatable bonds is 3. The van der Waals surface area contributed by atoms with Gasteiger partial charge in [0.1, 0.15) is 0 Å². The Balaban J connectivity index is 2.76. The fourth-order valence-electron chi connectivity index (χ4n) is 1.34. The van der Waals surface area contributed by atoms with E-state index in [0.29, 0.717) is 5.70 Å². The Kier molecular flexibility index (Phi) is 3.21. The molecule has 1 aliphatic heterocycles. The lowest BCUT2D eigenvalue weighted by atomic mass is 10.2. The zero-order chi connectivity index (χ0) is 11.6. The minimum atomic E-state index is -1.38. The molecule has 1 atom stereocenters. The van der Waals surface area contributed by atoms with Gasteiger partial charge in [-0.1, -0.05) is 0 Å². The van der Waals surface area contributed by atoms with Crippen LogP contribution in [0.15, 0.2) is 23.3 Å². The van der Waals surface area contributed by atoms with Gasteiger partial charge >= 0.3 is 5.97 Å². The van der Waals surface area contributed by atoms with E-state index in [-0.39, 0.29) is 13.0 Å². The van der Waals surface area contributed by atoms with Gasteiger partial charge in [-0.15, -0.1) is 0 Å². The summed E-state index contributed by atoms with van der Waals surface area (Å²) < 4.78 is 0. The fourth-order valence-corrected chi connectivity index (χ4v) is 1.34. The smallest absolute Gasteiger partial charge is 0.305 e. The molecule has 6 nitrogen and oxygen atoms in total. The summed E-state index contributed by atoms with van der Waals surface area (Å²) in [7, 11) is 0. The quantitative estimate of drug-likeness (QED) is 0.541. The van der Waals surface area contributed by atoms with E-state index >= 15 is 0 Å². The van der Waals surface area contributed by atoms with Crippen molar-refractivity contribution in [2.75, 3.05) is 6.54 Å². The van der Waals surface area contributed by atoms with Crippen molar-refractivity contribution in [1.82, 2.24) is 4.90 Å². The molecule has 0 aliphatic carbocycles. The number of nitrogens with zero attached hydrogens (tertiary/aromatic N) is 1. The Hall–Kier alpha value is -1.69. The third kappa shape index (κ3) is 2.41. The van der Waals surface area contributed by atoms with Crippen molar-refractivity contribution in [2.24, 2.45) is 0 Å². The number of allylic oxidation sites excluding steroid dienone is 2. The van der Waals surface area contributed by atoms with Gasteiger partial charge in [0.15, 0.2) is 17.7 Å². The van der Waals surface area contributed by atoms with E-state index in [0.717, 1.165) is 0 Å². The van der Waals surface area contributed by atoms with E-state index in [9.17, 15) is 15.0 Å². The highest BCUT2D eigenvalue weighted by molar-refractivity contribution is 5.66. The standard InChI is InChI=1S/C9H13NO5/c1-5-4-6(11)8(14)9(15)10(5)3-2-7(12)13/h4,9,11,14-15H,2-3H2,1H3,(H,12,13). The monoisotopic (exact) mass is 215 g/mol. The van der Waals surface area contributed by atoms with Crippen molar-refractivity contribution >= 4 is 5.97 Å². The van der Waals surface area contributed by atoms with E-state index in [1.807, 2.05) is 0 Å². The maximum Gasteiger partial charge on any atom is 0.305 e. The van der Waals surface area contributed by atoms with Gasteiger partial charge in [-0.3, -0.25) is 4.79 Å². The molecule has 0 saturated heterocycles. The maximum atomic E-state index is 10.3. The number of aliphatic hydroxyl groups is 3. The van der Waals surface area contributed by atoms with Crippen molar-refractivity contribution in [1.29, 1.82) is 0 Å². The Morgan fingerprint density at radius 3 is 2.67 bits per heavy atom. The first kappa shape index (κ1) is 11.4. The molecule has 0 aromatic heterocycles. The predicted molar refractivity (Wildman–Crippen MR) is 51.0 cm³/mol. The van der Waals surface area contributed by atoms with Crippen LogP contribution in [0.5, 0.6) is 0 Å². The average molecular weight is 215 g/mol. The molecule has 0 saturated carbocycles. The lowest BCUT2D eigenvalue weighted by molar-refractivity contribution is -0.137. The summed E-state index contributed by atoms with van der Waals surface area (Å²) in [5, 5.41) is 36.4. The van der Waals surface area contributed by atoms with Crippen LogP contribution in [-0.2, 0) is 4.79 Å². The van der Waals surface area contributed by atoms with Gasteiger partial charge in [0.25, 0.3) is 0 Å². The van der Waals surface area contributed by atoms with Crippen molar-refractivity contribution in [3.8, 4) is 0 Å². The fraction of sp³-hybridized carbons (Fsp3) is 0.444. The molecule has 1 heterocycles. The second-order valence-electron chi connectivity index (χ2n) is 3.27. The zero-order valence-corrected chi connectivity index (χ0v) is 8.21. The van der Waals surface area contributed by atoms with Crippen LogP contribution in [0.1, 0.15) is 13.3 Å². The number of carboxylic acid groups (broad SMARTS) is 1. The SMILES string of the molecule is CC1=CC(O)=C(O)C(O)N1CCC(=O)O. The van der Waals surface area contributed by atoms with Crippen LogP contribution in [0.25, 0.3) is 0 Å². The molecule has 6 heteroatoms. The number of carbonyl (C=O) groups is 1. The van der Waals surface area contributed by atoms with Crippen LogP contribution in [0, 0.1) is 0 Å². The molecule has 84 valence electrons. The minimum Gasteiger partial charge on any atom is -0.505 e. The van der Waals surface area contributed by atoms with Gasteiger partial charge in [0, 0.05) is 18.3 Å². The second kappa shape index (κ2) is 4.22. The molecule has 15 heavy (non-hydrogen) atoms. The van der Waals surface area contributed by atoms with E-state index in [1.165, 1.54) is 11.0 Å². The predicted octanol–water partition coefficient (Wildman–Crippen LogP) is 0.326. The largest absolute Gasteiger partial charge is 0.505 e. The zero-order valence-electron chi connectivity index (χ0n) is 8.21. The molecule has 1 aliphatic rings. The summed E-state index contributed by atoms with van der Waals surface area (Å²) in [5.74, 6) is -1.95. The molecule has 0 aromatic carbocycles. The van der Waals surface area contributed by atoms with Gasteiger partial charge in [0.05, 0.1) is 6.42 Å². The molecule has 4 N–H and O–H groups in total. The normalized spacial score (nSPS) is 21.6. The Morgan fingerprint density at radius 1 is 1.53 bits per heavy atom. The van der Waals surface area contributed by atoms with Gasteiger partial charge < -0.3 is 25.3 Å². The van der Waals surface area contributed by atoms with Crippen molar-refractivity contribution < 1.29 is 25.2 Å². The Bertz CT molecular complexity index is 333. The summed E-state index contributed by atoms with van der Waals surface area (Å²) >= 11 is 0. The molecule has 0 fully saturated rings. The number of aliphatic carboxylic acids is 1. The number of hydrogen-bond acceptors (Lipinski definition) is 5. The molecular formula is C9H13NO5. The third-order valence-corrected chi connectivity index (χ3v) is 2.17. The van der Waals surface area contributed by atoms with Crippen LogP contribution in [-0.4, -0.2) is 44.1 Å². The summed E-state index contributed by atoms with van der Waals surface area (Å²) in [6.07, 6.45) is -0.269. The number of carboxylic acids is 1. The summed E-state index contributed by atoms with van der Waals surface area (Å²) in [6, 6.07) is 0. The molecule has 0 radical (unpaired) electrons. The highest BCUT2D eigenvalue weighted by Gasteiger charge is 2.27. The summed E-state index contributed by atoms with van der Waals surface area (Å²) in [4.78, 5) is 11.6. The van der Waals surface area contributed by atoms with E-state index in [1.54, 1.807) is 6.92 Å². The molecule has 1 unspecified atom stereocenters. The lowest BCUT2D eigenvalue weighted by Gasteiger charge is -2.32. The van der Waals surface area contributed by atoms with Crippen molar-refractivity contribution in [3.05, 3.63) is 23.3 Å². The first-order valence-corrected chi connectivity index (χ1v) is 4.40. The molecular weight excluding hydrogens is 202 g/mol. The van der Waals surface area contributed by atoms with Crippen molar-refractivity contribution in [2.45, 2.75) is 19.6 Å². The number of aliphatic hydroxyl groups excluding tert-OH is 3. The summed E-state index contributed by atoms with van der Waals surface area (Å²) in [6.45, 7) is 1.67. The first-order chi connectivity index (χ1) is 6.93. The van der Waals surface area contributed by atoms with Crippen LogP contribution in [0.3, 0.4) is 0 Å². The highest BCUT2D eigenvalue weighted by Crippen LogP contribution is 2.22. The van der Waals surface area contributed by atoms with E-state index in [4.69, 9.17) is 10.2 Å². The van der Waals surface area contributed by atoms with Gasteiger partial charge in [0.2, 0.25) is 0 Å². The van der Waals surface area contributed by atoms with E-state index in [2.05, 4.69) is 0 Å². The third-order valence-electron chi connectivity index (χ3n) is 2.17. The summed E-state index contributed by atoms with van der Waals surface area (Å²) in [5.41, 5.74) is 0.499. The Morgan fingerprint density at radius 2 is 2.13 bits per heavy atom. The van der Waals surface area contributed by atoms with Gasteiger partial charge in [-0.25, -0.2) is 0 Å². The molecule has 0 bridgehead atoms. The second-order valence-corrected chi connectivity index (χ2v) is 3.27. The average Bonchev–Trinajstić information content (AvgIpc) is 2.14. The number of hydrogen-bond donors (Lipinski definition) is 4. The maximum absolute atomic E-state index is 10.3. The highest BCUT2D eigenvalue weighted by atomic mass is 16.4. The topological polar surface area (TPSA) is 101 Å². The van der Waals surface area contributed by atoms with Gasteiger partial charge in [-0.2, -0.15) is 0 Å². The van der Waals surface area contributed by atoms with Crippen molar-refractivity contribution in [3.63, 3.8) is 0 Å². The van der Waals surface area contributed by atoms with Gasteiger partial charge in [-0.05, 0) is 6.92 Å². The van der Waals surface area contributed by atoms with E-state index < -0.39 is 23.7 Å². The van der Waals surface area contributed by atoms with Crippen LogP contribution >= 0.6 is 0 Å². The molecule has 1 rings (SSSR count). The minimum absolute atomic E-state index is 0.0656. The first-order valence-electron chi connectivity index (χ1n) is 4.40. The van der Waals surface area contributed by atoms with Crippen LogP contribution in [0.4, 0.5) is 0 Å². The van der Waals surface area contributed by atoms with Crippen LogP contribution < -0.4 is 0 Å². The molecule has 0 spiro atoms. The lowest BCUT2D eigenvalue weighted by Crippen LogP contribution is -2.39. The van der Waals surface area contributed by atoms with Crippen LogP contribution in [0.2, 0.25) is 0 Å². The Labute approximate surface area is 86.4 Å². The molecule has 0 aromatic rings.